The molecule has 0 aliphatic carbocycles. The Morgan fingerprint density at radius 1 is 1.08 bits per heavy atom. The summed E-state index contributed by atoms with van der Waals surface area (Å²) < 4.78 is 31.3. The number of likely N-dealkylation sites (N-methyl/N-ethyl adjacent to an activating group) is 1. The van der Waals surface area contributed by atoms with E-state index in [1.807, 2.05) is 13.8 Å². The van der Waals surface area contributed by atoms with Gasteiger partial charge in [-0.25, -0.2) is 8.42 Å². The molecule has 2 amide bonds. The Balaban J connectivity index is 2.22. The van der Waals surface area contributed by atoms with Crippen LogP contribution in [0.15, 0.2) is 42.5 Å². The number of carbonyl (C=O) groups excluding carboxylic acids is 2. The minimum Gasteiger partial charge on any atom is -0.497 e. The molecule has 0 aliphatic rings. The molecule has 0 heterocycles. The molecule has 198 valence electrons. The highest BCUT2D eigenvalue weighted by Gasteiger charge is 2.29. The molecule has 1 atom stereocenters. The Morgan fingerprint density at radius 2 is 1.75 bits per heavy atom. The van der Waals surface area contributed by atoms with E-state index in [0.29, 0.717) is 40.0 Å². The normalized spacial score (nSPS) is 12.1. The summed E-state index contributed by atoms with van der Waals surface area (Å²) in [6, 6.07) is 11.0. The molecule has 0 spiro atoms. The molecule has 0 aliphatic heterocycles. The maximum absolute atomic E-state index is 13.4. The maximum Gasteiger partial charge on any atom is 0.242 e. The zero-order chi connectivity index (χ0) is 26.9. The summed E-state index contributed by atoms with van der Waals surface area (Å²) in [5, 5.41) is 3.65. The fourth-order valence-corrected chi connectivity index (χ4v) is 5.23. The highest BCUT2D eigenvalue weighted by atomic mass is 35.5. The van der Waals surface area contributed by atoms with Gasteiger partial charge < -0.3 is 15.0 Å². The second-order valence-electron chi connectivity index (χ2n) is 8.21. The van der Waals surface area contributed by atoms with Gasteiger partial charge in [-0.3, -0.25) is 13.9 Å². The van der Waals surface area contributed by atoms with Gasteiger partial charge in [-0.2, -0.15) is 0 Å². The van der Waals surface area contributed by atoms with Crippen molar-refractivity contribution in [3.05, 3.63) is 58.1 Å². The smallest absolute Gasteiger partial charge is 0.242 e. The molecule has 0 aromatic heterocycles. The molecule has 0 saturated heterocycles. The lowest BCUT2D eigenvalue weighted by atomic mass is 10.1. The number of ether oxygens (including phenoxy) is 1. The minimum absolute atomic E-state index is 0.0449. The highest BCUT2D eigenvalue weighted by molar-refractivity contribution is 7.92. The predicted octanol–water partition coefficient (Wildman–Crippen LogP) is 4.49. The van der Waals surface area contributed by atoms with Crippen molar-refractivity contribution in [3.8, 4) is 5.75 Å². The van der Waals surface area contributed by atoms with E-state index in [1.54, 1.807) is 42.5 Å². The molecule has 0 bridgehead atoms. The van der Waals surface area contributed by atoms with E-state index in [-0.39, 0.29) is 37.7 Å². The first-order valence-corrected chi connectivity index (χ1v) is 14.2. The molecule has 2 aromatic carbocycles. The van der Waals surface area contributed by atoms with Crippen molar-refractivity contribution in [3.63, 3.8) is 0 Å². The highest BCUT2D eigenvalue weighted by Crippen LogP contribution is 2.25. The third kappa shape index (κ3) is 8.28. The summed E-state index contributed by atoms with van der Waals surface area (Å²) in [5.41, 5.74) is 1.14. The van der Waals surface area contributed by atoms with Crippen LogP contribution in [0.3, 0.4) is 0 Å². The summed E-state index contributed by atoms with van der Waals surface area (Å²) in [5.74, 6) is 0.0755. The van der Waals surface area contributed by atoms with E-state index >= 15 is 0 Å². The number of methoxy groups -OCH3 is 1. The molecule has 1 N–H and O–H groups in total. The Hall–Kier alpha value is -2.49. The van der Waals surface area contributed by atoms with Gasteiger partial charge in [-0.1, -0.05) is 36.2 Å². The molecule has 2 rings (SSSR count). The fourth-order valence-electron chi connectivity index (χ4n) is 3.80. The number of rotatable bonds is 13. The molecular formula is C25H33Cl2N3O5S. The van der Waals surface area contributed by atoms with Crippen LogP contribution in [0, 0.1) is 0 Å². The molecule has 36 heavy (non-hydrogen) atoms. The zero-order valence-corrected chi connectivity index (χ0v) is 23.3. The average Bonchev–Trinajstić information content (AvgIpc) is 2.82. The summed E-state index contributed by atoms with van der Waals surface area (Å²) in [6.07, 6.45) is 1.83. The number of halogens is 2. The molecule has 0 radical (unpaired) electrons. The topological polar surface area (TPSA) is 96.0 Å². The largest absolute Gasteiger partial charge is 0.497 e. The van der Waals surface area contributed by atoms with Gasteiger partial charge in [0.15, 0.2) is 0 Å². The summed E-state index contributed by atoms with van der Waals surface area (Å²) in [6.45, 7) is 4.30. The van der Waals surface area contributed by atoms with E-state index in [0.717, 1.165) is 6.26 Å². The SMILES string of the molecule is CCNC(=O)C(CC)N(Cc1ccc(Cl)cc1Cl)C(=O)CCCN(c1ccc(OC)cc1)S(C)(=O)=O. The van der Waals surface area contributed by atoms with Crippen molar-refractivity contribution in [2.24, 2.45) is 0 Å². The van der Waals surface area contributed by atoms with Crippen molar-refractivity contribution in [1.29, 1.82) is 0 Å². The zero-order valence-electron chi connectivity index (χ0n) is 21.0. The number of carbonyl (C=O) groups is 2. The van der Waals surface area contributed by atoms with E-state index in [4.69, 9.17) is 27.9 Å². The molecule has 0 saturated carbocycles. The van der Waals surface area contributed by atoms with Gasteiger partial charge in [0.1, 0.15) is 11.8 Å². The van der Waals surface area contributed by atoms with E-state index in [2.05, 4.69) is 5.32 Å². The van der Waals surface area contributed by atoms with Crippen LogP contribution in [-0.4, -0.2) is 57.6 Å². The first kappa shape index (κ1) is 29.7. The summed E-state index contributed by atoms with van der Waals surface area (Å²) in [7, 11) is -2.05. The molecule has 2 aromatic rings. The van der Waals surface area contributed by atoms with Gasteiger partial charge in [0.2, 0.25) is 21.8 Å². The number of hydrogen-bond acceptors (Lipinski definition) is 5. The number of amides is 2. The van der Waals surface area contributed by atoms with Gasteiger partial charge in [-0.15, -0.1) is 0 Å². The predicted molar refractivity (Wildman–Crippen MR) is 144 cm³/mol. The van der Waals surface area contributed by atoms with Crippen molar-refractivity contribution < 1.29 is 22.7 Å². The fraction of sp³-hybridized carbons (Fsp3) is 0.440. The van der Waals surface area contributed by atoms with Crippen LogP contribution in [-0.2, 0) is 26.2 Å². The lowest BCUT2D eigenvalue weighted by molar-refractivity contribution is -0.141. The molecule has 1 unspecified atom stereocenters. The number of nitrogens with one attached hydrogen (secondary N) is 1. The number of nitrogens with zero attached hydrogens (tertiary/aromatic N) is 2. The number of sulfonamides is 1. The van der Waals surface area contributed by atoms with E-state index in [9.17, 15) is 18.0 Å². The van der Waals surface area contributed by atoms with Crippen molar-refractivity contribution in [2.45, 2.75) is 45.7 Å². The summed E-state index contributed by atoms with van der Waals surface area (Å²) >= 11 is 12.4. The van der Waals surface area contributed by atoms with Crippen LogP contribution < -0.4 is 14.4 Å². The molecule has 0 fully saturated rings. The van der Waals surface area contributed by atoms with Gasteiger partial charge in [0.25, 0.3) is 0 Å². The van der Waals surface area contributed by atoms with Crippen LogP contribution in [0.2, 0.25) is 10.0 Å². The van der Waals surface area contributed by atoms with Gasteiger partial charge in [0.05, 0.1) is 19.1 Å². The Bertz CT molecular complexity index is 1140. The molecular weight excluding hydrogens is 525 g/mol. The van der Waals surface area contributed by atoms with E-state index < -0.39 is 16.1 Å². The lowest BCUT2D eigenvalue weighted by Gasteiger charge is -2.31. The third-order valence-electron chi connectivity index (χ3n) is 5.61. The third-order valence-corrected chi connectivity index (χ3v) is 7.39. The maximum atomic E-state index is 13.4. The quantitative estimate of drug-likeness (QED) is 0.391. The van der Waals surface area contributed by atoms with Crippen molar-refractivity contribution >= 4 is 50.7 Å². The van der Waals surface area contributed by atoms with Crippen LogP contribution in [0.4, 0.5) is 5.69 Å². The van der Waals surface area contributed by atoms with Crippen molar-refractivity contribution in [1.82, 2.24) is 10.2 Å². The van der Waals surface area contributed by atoms with Crippen LogP contribution in [0.25, 0.3) is 0 Å². The first-order valence-electron chi connectivity index (χ1n) is 11.6. The van der Waals surface area contributed by atoms with Gasteiger partial charge in [-0.05, 0) is 61.7 Å². The van der Waals surface area contributed by atoms with E-state index in [1.165, 1.54) is 16.3 Å². The van der Waals surface area contributed by atoms with Crippen LogP contribution >= 0.6 is 23.2 Å². The monoisotopic (exact) mass is 557 g/mol. The standard InChI is InChI=1S/C25H33Cl2N3O5S/c1-5-23(25(32)28-6-2)29(17-18-9-10-19(26)16-22(18)27)24(31)8-7-15-30(36(4,33)34)20-11-13-21(35-3)14-12-20/h9-14,16,23H,5-8,15,17H2,1-4H3,(H,28,32). The minimum atomic E-state index is -3.58. The second-order valence-corrected chi connectivity index (χ2v) is 11.0. The number of hydrogen-bond donors (Lipinski definition) is 1. The first-order chi connectivity index (χ1) is 17.0. The average molecular weight is 559 g/mol. The van der Waals surface area contributed by atoms with Gasteiger partial charge in [0, 0.05) is 36.1 Å². The Kier molecular flexibility index (Phi) is 11.3. The van der Waals surface area contributed by atoms with Crippen molar-refractivity contribution in [2.75, 3.05) is 30.8 Å². The second kappa shape index (κ2) is 13.7. The Morgan fingerprint density at radius 3 is 2.28 bits per heavy atom. The lowest BCUT2D eigenvalue weighted by Crippen LogP contribution is -2.49. The molecule has 11 heteroatoms. The Labute approximate surface area is 223 Å². The number of anilines is 1. The van der Waals surface area contributed by atoms with Crippen LogP contribution in [0.5, 0.6) is 5.75 Å². The van der Waals surface area contributed by atoms with Gasteiger partial charge >= 0.3 is 0 Å². The molecule has 8 nitrogen and oxygen atoms in total. The summed E-state index contributed by atoms with van der Waals surface area (Å²) in [4.78, 5) is 27.6. The number of benzene rings is 2. The van der Waals surface area contributed by atoms with Crippen LogP contribution in [0.1, 0.15) is 38.7 Å².